The number of rotatable bonds is 6. The number of aliphatic imine (C=N–C) groups is 1. The molecule has 1 saturated carbocycles. The minimum atomic E-state index is 0.255. The Kier molecular flexibility index (Phi) is 4.99. The summed E-state index contributed by atoms with van der Waals surface area (Å²) in [4.78, 5) is 8.53. The monoisotopic (exact) mass is 324 g/mol. The van der Waals surface area contributed by atoms with Crippen LogP contribution < -0.4 is 15.4 Å². The molecule has 0 amide bonds. The topological polar surface area (TPSA) is 58.5 Å². The molecule has 0 spiro atoms. The summed E-state index contributed by atoms with van der Waals surface area (Å²) in [5, 5.41) is 6.79. The van der Waals surface area contributed by atoms with Gasteiger partial charge in [-0.25, -0.2) is 4.98 Å². The van der Waals surface area contributed by atoms with Crippen LogP contribution in [0.25, 0.3) is 0 Å². The van der Waals surface area contributed by atoms with Crippen LogP contribution in [0.2, 0.25) is 0 Å². The van der Waals surface area contributed by atoms with Crippen LogP contribution in [0.3, 0.4) is 0 Å². The van der Waals surface area contributed by atoms with Crippen molar-refractivity contribution in [1.29, 1.82) is 0 Å². The van der Waals surface area contributed by atoms with Gasteiger partial charge in [-0.05, 0) is 24.5 Å². The first-order valence-electron chi connectivity index (χ1n) is 8.25. The highest BCUT2D eigenvalue weighted by Crippen LogP contribution is 2.47. The summed E-state index contributed by atoms with van der Waals surface area (Å²) in [6.45, 7) is 1.51. The second-order valence-corrected chi connectivity index (χ2v) is 6.10. The number of hydrogen-bond donors (Lipinski definition) is 2. The molecule has 3 rings (SSSR count). The van der Waals surface area contributed by atoms with E-state index in [1.54, 1.807) is 20.4 Å². The standard InChI is InChI=1S/C19H24N4O/c1-20-18(22-13-15-7-6-12-21-17(15)24-2)23-14-19(10-11-19)16-8-4-3-5-9-16/h3-9,12H,10-11,13-14H2,1-2H3,(H2,20,22,23). The van der Waals surface area contributed by atoms with Crippen molar-refractivity contribution in [3.8, 4) is 5.88 Å². The number of methoxy groups -OCH3 is 1. The average Bonchev–Trinajstić information content (AvgIpc) is 3.44. The lowest BCUT2D eigenvalue weighted by Crippen LogP contribution is -2.40. The number of guanidine groups is 1. The molecule has 0 radical (unpaired) electrons. The van der Waals surface area contributed by atoms with Crippen LogP contribution in [0, 0.1) is 0 Å². The lowest BCUT2D eigenvalue weighted by molar-refractivity contribution is 0.392. The zero-order valence-electron chi connectivity index (χ0n) is 14.2. The summed E-state index contributed by atoms with van der Waals surface area (Å²) < 4.78 is 5.28. The molecule has 126 valence electrons. The van der Waals surface area contributed by atoms with Crippen molar-refractivity contribution in [1.82, 2.24) is 15.6 Å². The summed E-state index contributed by atoms with van der Waals surface area (Å²) in [7, 11) is 3.42. The summed E-state index contributed by atoms with van der Waals surface area (Å²) in [5.74, 6) is 1.44. The first-order chi connectivity index (χ1) is 11.8. The normalized spacial score (nSPS) is 15.7. The van der Waals surface area contributed by atoms with Crippen LogP contribution in [0.15, 0.2) is 53.7 Å². The van der Waals surface area contributed by atoms with Crippen molar-refractivity contribution in [2.75, 3.05) is 20.7 Å². The fourth-order valence-corrected chi connectivity index (χ4v) is 2.91. The third-order valence-corrected chi connectivity index (χ3v) is 4.55. The molecular formula is C19H24N4O. The van der Waals surface area contributed by atoms with Gasteiger partial charge in [-0.2, -0.15) is 0 Å². The molecule has 0 atom stereocenters. The van der Waals surface area contributed by atoms with Crippen molar-refractivity contribution >= 4 is 5.96 Å². The van der Waals surface area contributed by atoms with Crippen LogP contribution in [-0.2, 0) is 12.0 Å². The molecule has 1 aliphatic rings. The second kappa shape index (κ2) is 7.34. The Morgan fingerprint density at radius 3 is 2.62 bits per heavy atom. The van der Waals surface area contributed by atoms with E-state index >= 15 is 0 Å². The number of nitrogens with one attached hydrogen (secondary N) is 2. The highest BCUT2D eigenvalue weighted by atomic mass is 16.5. The largest absolute Gasteiger partial charge is 0.481 e. The molecule has 5 nitrogen and oxygen atoms in total. The van der Waals surface area contributed by atoms with Crippen molar-refractivity contribution in [2.24, 2.45) is 4.99 Å². The molecule has 1 fully saturated rings. The molecule has 2 N–H and O–H groups in total. The van der Waals surface area contributed by atoms with E-state index in [0.717, 1.165) is 18.1 Å². The molecule has 0 unspecified atom stereocenters. The van der Waals surface area contributed by atoms with Crippen molar-refractivity contribution in [3.63, 3.8) is 0 Å². The Morgan fingerprint density at radius 1 is 1.17 bits per heavy atom. The predicted octanol–water partition coefficient (Wildman–Crippen LogP) is 2.49. The molecular weight excluding hydrogens is 300 g/mol. The number of ether oxygens (including phenoxy) is 1. The van der Waals surface area contributed by atoms with Crippen molar-refractivity contribution in [2.45, 2.75) is 24.8 Å². The second-order valence-electron chi connectivity index (χ2n) is 6.10. The van der Waals surface area contributed by atoms with E-state index in [1.165, 1.54) is 18.4 Å². The molecule has 1 aromatic heterocycles. The third-order valence-electron chi connectivity index (χ3n) is 4.55. The van der Waals surface area contributed by atoms with Gasteiger partial charge in [0.2, 0.25) is 5.88 Å². The summed E-state index contributed by atoms with van der Waals surface area (Å²) >= 11 is 0. The fourth-order valence-electron chi connectivity index (χ4n) is 2.91. The molecule has 5 heteroatoms. The predicted molar refractivity (Wildman–Crippen MR) is 96.3 cm³/mol. The Hall–Kier alpha value is -2.56. The Balaban J connectivity index is 1.56. The molecule has 24 heavy (non-hydrogen) atoms. The molecule has 1 aliphatic carbocycles. The molecule has 0 saturated heterocycles. The van der Waals surface area contributed by atoms with Crippen molar-refractivity contribution < 1.29 is 4.74 Å². The minimum Gasteiger partial charge on any atom is -0.481 e. The van der Waals surface area contributed by atoms with E-state index < -0.39 is 0 Å². The number of pyridine rings is 1. The van der Waals surface area contributed by atoms with E-state index in [0.29, 0.717) is 12.4 Å². The number of aromatic nitrogens is 1. The smallest absolute Gasteiger partial charge is 0.218 e. The van der Waals surface area contributed by atoms with Gasteiger partial charge in [-0.3, -0.25) is 4.99 Å². The SMILES string of the molecule is CN=C(NCc1cccnc1OC)NCC1(c2ccccc2)CC1. The van der Waals surface area contributed by atoms with Gasteiger partial charge in [-0.15, -0.1) is 0 Å². The summed E-state index contributed by atoms with van der Waals surface area (Å²) in [6, 6.07) is 14.6. The van der Waals surface area contributed by atoms with Gasteiger partial charge in [0.1, 0.15) is 0 Å². The van der Waals surface area contributed by atoms with Gasteiger partial charge in [0.15, 0.2) is 5.96 Å². The van der Waals surface area contributed by atoms with E-state index in [9.17, 15) is 0 Å². The molecule has 2 aromatic rings. The molecule has 0 bridgehead atoms. The zero-order valence-corrected chi connectivity index (χ0v) is 14.2. The Morgan fingerprint density at radius 2 is 1.96 bits per heavy atom. The highest BCUT2D eigenvalue weighted by molar-refractivity contribution is 5.79. The maximum Gasteiger partial charge on any atom is 0.218 e. The van der Waals surface area contributed by atoms with E-state index in [1.807, 2.05) is 12.1 Å². The zero-order chi connectivity index (χ0) is 16.8. The van der Waals surface area contributed by atoms with Gasteiger partial charge in [-0.1, -0.05) is 36.4 Å². The van der Waals surface area contributed by atoms with Gasteiger partial charge in [0.25, 0.3) is 0 Å². The Labute approximate surface area is 143 Å². The van der Waals surface area contributed by atoms with E-state index in [4.69, 9.17) is 4.74 Å². The van der Waals surface area contributed by atoms with Gasteiger partial charge in [0.05, 0.1) is 7.11 Å². The lowest BCUT2D eigenvalue weighted by Gasteiger charge is -2.19. The van der Waals surface area contributed by atoms with Gasteiger partial charge < -0.3 is 15.4 Å². The fraction of sp³-hybridized carbons (Fsp3) is 0.368. The quantitative estimate of drug-likeness (QED) is 0.633. The van der Waals surface area contributed by atoms with Crippen LogP contribution in [0.4, 0.5) is 0 Å². The minimum absolute atomic E-state index is 0.255. The van der Waals surface area contributed by atoms with Gasteiger partial charge in [0, 0.05) is 37.3 Å². The number of benzene rings is 1. The number of nitrogens with zero attached hydrogens (tertiary/aromatic N) is 2. The van der Waals surface area contributed by atoms with E-state index in [-0.39, 0.29) is 5.41 Å². The third kappa shape index (κ3) is 3.67. The molecule has 1 heterocycles. The highest BCUT2D eigenvalue weighted by Gasteiger charge is 2.43. The molecule has 1 aromatic carbocycles. The maximum absolute atomic E-state index is 5.28. The number of hydrogen-bond acceptors (Lipinski definition) is 3. The maximum atomic E-state index is 5.28. The summed E-state index contributed by atoms with van der Waals surface area (Å²) in [5.41, 5.74) is 2.67. The van der Waals surface area contributed by atoms with Gasteiger partial charge >= 0.3 is 0 Å². The van der Waals surface area contributed by atoms with Crippen LogP contribution in [-0.4, -0.2) is 31.6 Å². The lowest BCUT2D eigenvalue weighted by atomic mass is 9.96. The van der Waals surface area contributed by atoms with Crippen LogP contribution in [0.1, 0.15) is 24.0 Å². The van der Waals surface area contributed by atoms with Crippen molar-refractivity contribution in [3.05, 3.63) is 59.8 Å². The molecule has 0 aliphatic heterocycles. The first-order valence-corrected chi connectivity index (χ1v) is 8.25. The summed E-state index contributed by atoms with van der Waals surface area (Å²) in [6.07, 6.45) is 4.17. The van der Waals surface area contributed by atoms with Crippen LogP contribution >= 0.6 is 0 Å². The Bertz CT molecular complexity index is 696. The van der Waals surface area contributed by atoms with E-state index in [2.05, 4.69) is 50.9 Å². The van der Waals surface area contributed by atoms with Crippen LogP contribution in [0.5, 0.6) is 5.88 Å². The average molecular weight is 324 g/mol. The first kappa shape index (κ1) is 16.3.